The molecule has 0 bridgehead atoms. The molecule has 0 aliphatic carbocycles. The third-order valence-corrected chi connectivity index (χ3v) is 6.55. The van der Waals surface area contributed by atoms with E-state index in [4.69, 9.17) is 5.14 Å². The van der Waals surface area contributed by atoms with E-state index in [2.05, 4.69) is 20.0 Å². The number of fused-ring (bicyclic) bond motifs is 1. The number of sulfonamides is 2. The highest BCUT2D eigenvalue weighted by Crippen LogP contribution is 2.27. The summed E-state index contributed by atoms with van der Waals surface area (Å²) in [5, 5.41) is 8.13. The Morgan fingerprint density at radius 1 is 0.677 bits per heavy atom. The Labute approximate surface area is 179 Å². The molecule has 158 valence electrons. The highest BCUT2D eigenvalue weighted by molar-refractivity contribution is 7.92. The van der Waals surface area contributed by atoms with Gasteiger partial charge in [0.05, 0.1) is 20.8 Å². The predicted molar refractivity (Wildman–Crippen MR) is 118 cm³/mol. The summed E-state index contributed by atoms with van der Waals surface area (Å²) in [6.45, 7) is 0. The number of anilines is 3. The summed E-state index contributed by atoms with van der Waals surface area (Å²) in [6.07, 6.45) is 0. The SMILES string of the molecule is NS(=O)(=O)c1cccc(Nc2nc3ccccc3nc2NS(=O)(=O)c2ccccc2)c1. The minimum Gasteiger partial charge on any atom is -0.337 e. The number of nitrogens with two attached hydrogens (primary N) is 1. The number of benzene rings is 3. The minimum atomic E-state index is -3.94. The fourth-order valence-corrected chi connectivity index (χ4v) is 4.42. The van der Waals surface area contributed by atoms with Gasteiger partial charge in [0.1, 0.15) is 0 Å². The van der Waals surface area contributed by atoms with Crippen LogP contribution in [0.25, 0.3) is 11.0 Å². The lowest BCUT2D eigenvalue weighted by Gasteiger charge is -2.14. The zero-order chi connectivity index (χ0) is 22.1. The Kier molecular flexibility index (Phi) is 5.31. The number of nitrogens with one attached hydrogen (secondary N) is 2. The smallest absolute Gasteiger partial charge is 0.263 e. The van der Waals surface area contributed by atoms with Crippen molar-refractivity contribution in [3.05, 3.63) is 78.9 Å². The first kappa shape index (κ1) is 20.7. The maximum absolute atomic E-state index is 12.8. The van der Waals surface area contributed by atoms with Crippen LogP contribution in [0, 0.1) is 0 Å². The van der Waals surface area contributed by atoms with E-state index >= 15 is 0 Å². The summed E-state index contributed by atoms with van der Waals surface area (Å²) in [7, 11) is -7.85. The second-order valence-corrected chi connectivity index (χ2v) is 9.77. The third-order valence-electron chi connectivity index (χ3n) is 4.28. The molecule has 0 aliphatic heterocycles. The molecule has 9 nitrogen and oxygen atoms in total. The van der Waals surface area contributed by atoms with Crippen LogP contribution in [0.15, 0.2) is 88.7 Å². The molecule has 3 aromatic carbocycles. The van der Waals surface area contributed by atoms with Crippen molar-refractivity contribution in [1.82, 2.24) is 9.97 Å². The fraction of sp³-hybridized carbons (Fsp3) is 0. The molecule has 0 unspecified atom stereocenters. The normalized spacial score (nSPS) is 11.9. The Hall–Kier alpha value is -3.54. The number of para-hydroxylation sites is 2. The van der Waals surface area contributed by atoms with Crippen LogP contribution in [0.2, 0.25) is 0 Å². The van der Waals surface area contributed by atoms with Crippen molar-refractivity contribution in [1.29, 1.82) is 0 Å². The number of nitrogens with zero attached hydrogens (tertiary/aromatic N) is 2. The number of hydrogen-bond donors (Lipinski definition) is 3. The van der Waals surface area contributed by atoms with Crippen LogP contribution in [-0.4, -0.2) is 26.8 Å². The van der Waals surface area contributed by atoms with E-state index in [0.29, 0.717) is 16.7 Å². The molecule has 31 heavy (non-hydrogen) atoms. The Bertz CT molecular complexity index is 1470. The van der Waals surface area contributed by atoms with Gasteiger partial charge in [0, 0.05) is 5.69 Å². The van der Waals surface area contributed by atoms with Gasteiger partial charge in [-0.25, -0.2) is 31.9 Å². The largest absolute Gasteiger partial charge is 0.337 e. The molecule has 0 spiro atoms. The molecule has 1 aromatic heterocycles. The summed E-state index contributed by atoms with van der Waals surface area (Å²) < 4.78 is 51.4. The molecule has 11 heteroatoms. The van der Waals surface area contributed by atoms with Gasteiger partial charge in [-0.1, -0.05) is 36.4 Å². The Balaban J connectivity index is 1.79. The molecule has 0 fully saturated rings. The van der Waals surface area contributed by atoms with Gasteiger partial charge in [0.15, 0.2) is 11.6 Å². The molecule has 0 saturated carbocycles. The maximum atomic E-state index is 12.8. The monoisotopic (exact) mass is 455 g/mol. The van der Waals surface area contributed by atoms with Crippen LogP contribution in [0.4, 0.5) is 17.3 Å². The van der Waals surface area contributed by atoms with Crippen LogP contribution < -0.4 is 15.2 Å². The molecule has 0 amide bonds. The Morgan fingerprint density at radius 2 is 1.26 bits per heavy atom. The van der Waals surface area contributed by atoms with Crippen molar-refractivity contribution in [2.75, 3.05) is 10.0 Å². The molecule has 0 aliphatic rings. The van der Waals surface area contributed by atoms with Gasteiger partial charge in [-0.15, -0.1) is 0 Å². The van der Waals surface area contributed by atoms with E-state index in [-0.39, 0.29) is 21.4 Å². The van der Waals surface area contributed by atoms with Crippen LogP contribution in [0.5, 0.6) is 0 Å². The molecule has 0 saturated heterocycles. The van der Waals surface area contributed by atoms with E-state index in [9.17, 15) is 16.8 Å². The first-order valence-corrected chi connectivity index (χ1v) is 12.0. The number of hydrogen-bond acceptors (Lipinski definition) is 7. The van der Waals surface area contributed by atoms with Crippen LogP contribution >= 0.6 is 0 Å². The van der Waals surface area contributed by atoms with Gasteiger partial charge in [0.25, 0.3) is 10.0 Å². The molecule has 4 N–H and O–H groups in total. The highest BCUT2D eigenvalue weighted by Gasteiger charge is 2.19. The van der Waals surface area contributed by atoms with Crippen molar-refractivity contribution in [2.45, 2.75) is 9.79 Å². The number of rotatable bonds is 6. The second kappa shape index (κ2) is 7.95. The highest BCUT2D eigenvalue weighted by atomic mass is 32.2. The zero-order valence-corrected chi connectivity index (χ0v) is 17.6. The quantitative estimate of drug-likeness (QED) is 0.405. The van der Waals surface area contributed by atoms with Crippen LogP contribution in [0.3, 0.4) is 0 Å². The predicted octanol–water partition coefficient (Wildman–Crippen LogP) is 2.82. The van der Waals surface area contributed by atoms with E-state index in [1.165, 1.54) is 30.3 Å². The van der Waals surface area contributed by atoms with E-state index in [1.807, 2.05) is 0 Å². The number of aromatic nitrogens is 2. The topological polar surface area (TPSA) is 144 Å². The molecule has 0 radical (unpaired) electrons. The van der Waals surface area contributed by atoms with Crippen molar-refractivity contribution in [3.8, 4) is 0 Å². The fourth-order valence-electron chi connectivity index (χ4n) is 2.83. The van der Waals surface area contributed by atoms with Crippen molar-refractivity contribution in [2.24, 2.45) is 5.14 Å². The lowest BCUT2D eigenvalue weighted by Crippen LogP contribution is -2.16. The van der Waals surface area contributed by atoms with Gasteiger partial charge < -0.3 is 5.32 Å². The zero-order valence-electron chi connectivity index (χ0n) is 15.9. The summed E-state index contributed by atoms with van der Waals surface area (Å²) in [6, 6.07) is 20.6. The van der Waals surface area contributed by atoms with Crippen molar-refractivity contribution < 1.29 is 16.8 Å². The summed E-state index contributed by atoms with van der Waals surface area (Å²) >= 11 is 0. The average Bonchev–Trinajstić information content (AvgIpc) is 2.74. The van der Waals surface area contributed by atoms with Crippen LogP contribution in [-0.2, 0) is 20.0 Å². The van der Waals surface area contributed by atoms with E-state index in [1.54, 1.807) is 48.5 Å². The molecular weight excluding hydrogens is 438 g/mol. The molecule has 4 rings (SSSR count). The lowest BCUT2D eigenvalue weighted by molar-refractivity contribution is 0.597. The maximum Gasteiger partial charge on any atom is 0.263 e. The molecule has 1 heterocycles. The number of primary sulfonamides is 1. The van der Waals surface area contributed by atoms with Gasteiger partial charge in [-0.2, -0.15) is 0 Å². The van der Waals surface area contributed by atoms with E-state index in [0.717, 1.165) is 0 Å². The van der Waals surface area contributed by atoms with Crippen molar-refractivity contribution >= 4 is 48.4 Å². The van der Waals surface area contributed by atoms with Crippen molar-refractivity contribution in [3.63, 3.8) is 0 Å². The first-order valence-electron chi connectivity index (χ1n) is 8.97. The second-order valence-electron chi connectivity index (χ2n) is 6.53. The molecule has 0 atom stereocenters. The summed E-state index contributed by atoms with van der Waals surface area (Å²) in [5.74, 6) is 0.0633. The van der Waals surface area contributed by atoms with Gasteiger partial charge in [0.2, 0.25) is 10.0 Å². The van der Waals surface area contributed by atoms with Gasteiger partial charge in [-0.3, -0.25) is 4.72 Å². The van der Waals surface area contributed by atoms with E-state index < -0.39 is 20.0 Å². The van der Waals surface area contributed by atoms with Gasteiger partial charge >= 0.3 is 0 Å². The third kappa shape index (κ3) is 4.63. The standard InChI is InChI=1S/C20H17N5O4S2/c21-30(26,27)16-10-6-7-14(13-16)22-19-20(24-18-12-5-4-11-17(18)23-19)25-31(28,29)15-8-2-1-3-9-15/h1-13H,(H,22,23)(H,24,25)(H2,21,26,27). The average molecular weight is 456 g/mol. The minimum absolute atomic E-state index is 0.0384. The molecule has 4 aromatic rings. The van der Waals surface area contributed by atoms with Gasteiger partial charge in [-0.05, 0) is 42.5 Å². The summed E-state index contributed by atoms with van der Waals surface area (Å²) in [5.41, 5.74) is 1.35. The lowest BCUT2D eigenvalue weighted by atomic mass is 10.3. The molecular formula is C20H17N5O4S2. The summed E-state index contributed by atoms with van der Waals surface area (Å²) in [4.78, 5) is 8.82. The van der Waals surface area contributed by atoms with Crippen LogP contribution in [0.1, 0.15) is 0 Å². The Morgan fingerprint density at radius 3 is 1.90 bits per heavy atom. The first-order chi connectivity index (χ1) is 14.7.